The lowest BCUT2D eigenvalue weighted by atomic mass is 9.81. The van der Waals surface area contributed by atoms with Gasteiger partial charge in [0.25, 0.3) is 5.91 Å². The number of benzene rings is 1. The number of alkyl halides is 3. The Hall–Kier alpha value is -3.18. The Balaban J connectivity index is 0.000000406. The van der Waals surface area contributed by atoms with E-state index in [1.54, 1.807) is 25.6 Å². The van der Waals surface area contributed by atoms with Crippen molar-refractivity contribution in [2.75, 3.05) is 33.4 Å². The van der Waals surface area contributed by atoms with Crippen LogP contribution in [0.3, 0.4) is 0 Å². The predicted octanol–water partition coefficient (Wildman–Crippen LogP) is 3.17. The lowest BCUT2D eigenvalue weighted by Crippen LogP contribution is -2.66. The van der Waals surface area contributed by atoms with Crippen molar-refractivity contribution < 1.29 is 42.1 Å². The zero-order valence-corrected chi connectivity index (χ0v) is 18.5. The zero-order chi connectivity index (χ0) is 24.8. The average Bonchev–Trinajstić information content (AvgIpc) is 3.22. The van der Waals surface area contributed by atoms with Gasteiger partial charge in [-0.25, -0.2) is 4.79 Å². The number of ether oxygens (including phenoxy) is 3. The maximum Gasteiger partial charge on any atom is 0.490 e. The van der Waals surface area contributed by atoms with E-state index >= 15 is 0 Å². The number of carboxylic acid groups (broad SMARTS) is 1. The molecule has 11 heteroatoms. The molecule has 1 spiro atoms. The van der Waals surface area contributed by atoms with Crippen LogP contribution >= 0.6 is 0 Å². The second-order valence-corrected chi connectivity index (χ2v) is 7.97. The van der Waals surface area contributed by atoms with Crippen molar-refractivity contribution in [3.63, 3.8) is 0 Å². The molecule has 1 amide bonds. The molecule has 0 aliphatic carbocycles. The monoisotopic (exact) mass is 482 g/mol. The number of pyridine rings is 1. The van der Waals surface area contributed by atoms with Crippen LogP contribution in [0, 0.1) is 5.92 Å². The Labute approximate surface area is 194 Å². The van der Waals surface area contributed by atoms with Gasteiger partial charge < -0.3 is 24.2 Å². The summed E-state index contributed by atoms with van der Waals surface area (Å²) < 4.78 is 48.9. The number of hydrogen-bond donors (Lipinski definition) is 1. The summed E-state index contributed by atoms with van der Waals surface area (Å²) in [6, 6.07) is 11.2. The summed E-state index contributed by atoms with van der Waals surface area (Å²) in [4.78, 5) is 27.5. The summed E-state index contributed by atoms with van der Waals surface area (Å²) in [6.45, 7) is 3.17. The molecule has 1 aromatic carbocycles. The molecule has 0 radical (unpaired) electrons. The Morgan fingerprint density at radius 3 is 2.53 bits per heavy atom. The van der Waals surface area contributed by atoms with E-state index in [1.807, 2.05) is 35.2 Å². The quantitative estimate of drug-likeness (QED) is 0.675. The van der Waals surface area contributed by atoms with Gasteiger partial charge in [0.1, 0.15) is 11.4 Å². The number of likely N-dealkylation sites (tertiary alicyclic amines) is 1. The number of carboxylic acids is 1. The summed E-state index contributed by atoms with van der Waals surface area (Å²) in [6.07, 6.45) is -0.572. The third-order valence-electron chi connectivity index (χ3n) is 5.70. The number of amides is 1. The highest BCUT2D eigenvalue weighted by Gasteiger charge is 2.54. The number of hydrogen-bond acceptors (Lipinski definition) is 6. The van der Waals surface area contributed by atoms with Crippen LogP contribution in [0.15, 0.2) is 48.8 Å². The molecule has 8 nitrogen and oxygen atoms in total. The van der Waals surface area contributed by atoms with E-state index < -0.39 is 12.1 Å². The predicted molar refractivity (Wildman–Crippen MR) is 113 cm³/mol. The number of nitrogens with zero attached hydrogens (tertiary/aromatic N) is 2. The highest BCUT2D eigenvalue weighted by Crippen LogP contribution is 2.40. The first-order valence-electron chi connectivity index (χ1n) is 10.5. The molecule has 4 rings (SSSR count). The Kier molecular flexibility index (Phi) is 8.11. The molecule has 184 valence electrons. The third-order valence-corrected chi connectivity index (χ3v) is 5.70. The molecule has 0 bridgehead atoms. The summed E-state index contributed by atoms with van der Waals surface area (Å²) in [5, 5.41) is 7.12. The molecule has 2 fully saturated rings. The number of methoxy groups -OCH3 is 1. The average molecular weight is 482 g/mol. The molecule has 1 aromatic heterocycles. The SMILES string of the molecule is COc1cccc(C(=O)N2CC3(C2)OCCC3COCc2ccncc2)c1.O=C(O)C(F)(F)F. The molecule has 2 aromatic rings. The molecule has 1 N–H and O–H groups in total. The Morgan fingerprint density at radius 1 is 1.24 bits per heavy atom. The van der Waals surface area contributed by atoms with Crippen LogP contribution in [0.4, 0.5) is 13.2 Å². The zero-order valence-electron chi connectivity index (χ0n) is 18.5. The van der Waals surface area contributed by atoms with Crippen LogP contribution in [0.5, 0.6) is 5.75 Å². The van der Waals surface area contributed by atoms with E-state index in [4.69, 9.17) is 24.1 Å². The van der Waals surface area contributed by atoms with Crippen molar-refractivity contribution in [2.45, 2.75) is 24.8 Å². The van der Waals surface area contributed by atoms with Crippen molar-refractivity contribution in [2.24, 2.45) is 5.92 Å². The molecule has 3 heterocycles. The van der Waals surface area contributed by atoms with E-state index in [1.165, 1.54) is 0 Å². The maximum atomic E-state index is 12.7. The largest absolute Gasteiger partial charge is 0.497 e. The van der Waals surface area contributed by atoms with Gasteiger partial charge in [-0.3, -0.25) is 9.78 Å². The molecule has 2 aliphatic heterocycles. The van der Waals surface area contributed by atoms with Gasteiger partial charge in [0, 0.05) is 30.5 Å². The number of carbonyl (C=O) groups is 2. The first kappa shape index (κ1) is 25.4. The fraction of sp³-hybridized carbons (Fsp3) is 0.435. The van der Waals surface area contributed by atoms with Crippen LogP contribution in [0.1, 0.15) is 22.3 Å². The number of carbonyl (C=O) groups excluding carboxylic acids is 1. The van der Waals surface area contributed by atoms with Crippen molar-refractivity contribution >= 4 is 11.9 Å². The standard InChI is InChI=1S/C21H24N2O4.C2HF3O2/c1-25-19-4-2-3-17(11-19)20(24)23-14-21(15-23)18(7-10-27-21)13-26-12-16-5-8-22-9-6-16;3-2(4,5)1(6)7/h2-6,8-9,11,18H,7,10,12-15H2,1H3;(H,6,7). The Bertz CT molecular complexity index is 980. The van der Waals surface area contributed by atoms with Crippen molar-refractivity contribution in [1.82, 2.24) is 9.88 Å². The van der Waals surface area contributed by atoms with Crippen LogP contribution in [0.2, 0.25) is 0 Å². The van der Waals surface area contributed by atoms with Gasteiger partial charge >= 0.3 is 12.1 Å². The molecule has 2 aliphatic rings. The van der Waals surface area contributed by atoms with Crippen molar-refractivity contribution in [1.29, 1.82) is 0 Å². The van der Waals surface area contributed by atoms with Crippen molar-refractivity contribution in [3.05, 3.63) is 59.9 Å². The number of aliphatic carboxylic acids is 1. The van der Waals surface area contributed by atoms with Gasteiger partial charge in [-0.15, -0.1) is 0 Å². The summed E-state index contributed by atoms with van der Waals surface area (Å²) in [5.74, 6) is -1.73. The molecular weight excluding hydrogens is 457 g/mol. The first-order chi connectivity index (χ1) is 16.1. The third kappa shape index (κ3) is 6.23. The number of rotatable bonds is 6. The molecule has 1 atom stereocenters. The molecule has 2 saturated heterocycles. The maximum absolute atomic E-state index is 12.7. The summed E-state index contributed by atoms with van der Waals surface area (Å²) in [5.41, 5.74) is 1.50. The summed E-state index contributed by atoms with van der Waals surface area (Å²) in [7, 11) is 1.60. The molecule has 34 heavy (non-hydrogen) atoms. The van der Waals surface area contributed by atoms with Gasteiger partial charge in [-0.1, -0.05) is 6.07 Å². The van der Waals surface area contributed by atoms with E-state index in [-0.39, 0.29) is 11.5 Å². The second-order valence-electron chi connectivity index (χ2n) is 7.97. The fourth-order valence-corrected chi connectivity index (χ4v) is 3.85. The molecule has 0 saturated carbocycles. The van der Waals surface area contributed by atoms with E-state index in [0.717, 1.165) is 18.6 Å². The minimum absolute atomic E-state index is 0.0199. The van der Waals surface area contributed by atoms with Gasteiger partial charge in [0.2, 0.25) is 0 Å². The highest BCUT2D eigenvalue weighted by atomic mass is 19.4. The number of halogens is 3. The minimum atomic E-state index is -5.08. The molecular formula is C23H25F3N2O6. The highest BCUT2D eigenvalue weighted by molar-refractivity contribution is 5.95. The first-order valence-corrected chi connectivity index (χ1v) is 10.5. The van der Waals surface area contributed by atoms with Crippen LogP contribution in [-0.2, 0) is 20.9 Å². The fourth-order valence-electron chi connectivity index (χ4n) is 3.85. The topological polar surface area (TPSA) is 98.2 Å². The number of aromatic nitrogens is 1. The van der Waals surface area contributed by atoms with E-state index in [2.05, 4.69) is 4.98 Å². The van der Waals surface area contributed by atoms with Gasteiger partial charge in [-0.2, -0.15) is 13.2 Å². The van der Waals surface area contributed by atoms with Crippen LogP contribution in [0.25, 0.3) is 0 Å². The van der Waals surface area contributed by atoms with E-state index in [9.17, 15) is 18.0 Å². The van der Waals surface area contributed by atoms with Crippen molar-refractivity contribution in [3.8, 4) is 5.75 Å². The van der Waals surface area contributed by atoms with Gasteiger partial charge in [-0.05, 0) is 42.3 Å². The smallest absolute Gasteiger partial charge is 0.490 e. The minimum Gasteiger partial charge on any atom is -0.497 e. The Morgan fingerprint density at radius 2 is 1.91 bits per heavy atom. The molecule has 1 unspecified atom stereocenters. The normalized spacial score (nSPS) is 18.6. The van der Waals surface area contributed by atoms with Crippen LogP contribution < -0.4 is 4.74 Å². The summed E-state index contributed by atoms with van der Waals surface area (Å²) >= 11 is 0. The van der Waals surface area contributed by atoms with Gasteiger partial charge in [0.15, 0.2) is 0 Å². The lowest BCUT2D eigenvalue weighted by Gasteiger charge is -2.50. The van der Waals surface area contributed by atoms with E-state index in [0.29, 0.717) is 43.5 Å². The lowest BCUT2D eigenvalue weighted by molar-refractivity contribution is -0.192. The van der Waals surface area contributed by atoms with Gasteiger partial charge in [0.05, 0.1) is 33.4 Å². The van der Waals surface area contributed by atoms with Crippen LogP contribution in [-0.4, -0.2) is 72.1 Å². The second kappa shape index (κ2) is 10.8.